The molecular formula is C51H55N5O7Si. The van der Waals surface area contributed by atoms with Crippen molar-refractivity contribution in [3.05, 3.63) is 179 Å². The topological polar surface area (TPSA) is 168 Å². The van der Waals surface area contributed by atoms with Crippen LogP contribution in [0.25, 0.3) is 11.1 Å². The molecule has 2 aliphatic rings. The van der Waals surface area contributed by atoms with E-state index in [-0.39, 0.29) is 41.6 Å². The lowest BCUT2D eigenvalue weighted by atomic mass is 9.70. The number of carbonyl (C=O) groups is 3. The van der Waals surface area contributed by atoms with Crippen molar-refractivity contribution in [1.29, 1.82) is 0 Å². The number of carbonyl (C=O) groups excluding carboxylic acids is 3. The SMILES string of the molecule is CC(C)(C)[Si](C)(C)OCC1CC(OC(N)=O)(c2noc([C@H](CC(=O)NC(c3ccccc3)(c3ccccc3)c3ccccc3)NC(=O)OCC3c4ccccc4-c4ccccc43)n2)C1. The van der Waals surface area contributed by atoms with E-state index in [4.69, 9.17) is 29.1 Å². The van der Waals surface area contributed by atoms with Crippen LogP contribution in [0.15, 0.2) is 144 Å². The molecule has 2 aliphatic carbocycles. The molecule has 4 N–H and O–H groups in total. The van der Waals surface area contributed by atoms with Crippen molar-refractivity contribution in [2.45, 2.75) is 81.3 Å². The van der Waals surface area contributed by atoms with Gasteiger partial charge in [-0.1, -0.05) is 165 Å². The Balaban J connectivity index is 1.09. The first-order valence-corrected chi connectivity index (χ1v) is 24.7. The number of rotatable bonds is 15. The van der Waals surface area contributed by atoms with Gasteiger partial charge in [-0.3, -0.25) is 4.79 Å². The number of benzene rings is 5. The minimum Gasteiger partial charge on any atom is -0.449 e. The molecular weight excluding hydrogens is 823 g/mol. The molecule has 12 nitrogen and oxygen atoms in total. The summed E-state index contributed by atoms with van der Waals surface area (Å²) < 4.78 is 24.1. The number of aromatic nitrogens is 2. The van der Waals surface area contributed by atoms with Gasteiger partial charge < -0.3 is 34.8 Å². The number of alkyl carbamates (subject to hydrolysis) is 1. The van der Waals surface area contributed by atoms with Gasteiger partial charge in [-0.15, -0.1) is 0 Å². The van der Waals surface area contributed by atoms with Crippen molar-refractivity contribution in [2.24, 2.45) is 11.7 Å². The summed E-state index contributed by atoms with van der Waals surface area (Å²) in [6, 6.07) is 44.2. The Bertz CT molecular complexity index is 2450. The lowest BCUT2D eigenvalue weighted by molar-refractivity contribution is -0.123. The minimum atomic E-state index is -2.06. The van der Waals surface area contributed by atoms with E-state index in [0.717, 1.165) is 38.9 Å². The average Bonchev–Trinajstić information content (AvgIpc) is 3.90. The van der Waals surface area contributed by atoms with Crippen LogP contribution in [-0.4, -0.2) is 49.8 Å². The molecule has 1 saturated carbocycles. The summed E-state index contributed by atoms with van der Waals surface area (Å²) in [6.45, 7) is 11.4. The molecule has 1 aromatic heterocycles. The highest BCUT2D eigenvalue weighted by molar-refractivity contribution is 6.74. The summed E-state index contributed by atoms with van der Waals surface area (Å²) in [4.78, 5) is 45.8. The van der Waals surface area contributed by atoms with Crippen molar-refractivity contribution in [3.8, 4) is 11.1 Å². The number of hydrogen-bond donors (Lipinski definition) is 3. The summed E-state index contributed by atoms with van der Waals surface area (Å²) in [5, 5.41) is 10.5. The van der Waals surface area contributed by atoms with E-state index in [1.165, 1.54) is 0 Å². The maximum Gasteiger partial charge on any atom is 0.407 e. The Hall–Kier alpha value is -6.57. The summed E-state index contributed by atoms with van der Waals surface area (Å²) >= 11 is 0. The Morgan fingerprint density at radius 2 is 1.27 bits per heavy atom. The van der Waals surface area contributed by atoms with Gasteiger partial charge in [0.25, 0.3) is 0 Å². The molecule has 8 rings (SSSR count). The highest BCUT2D eigenvalue weighted by atomic mass is 28.4. The second-order valence-corrected chi connectivity index (χ2v) is 23.1. The second kappa shape index (κ2) is 17.9. The van der Waals surface area contributed by atoms with E-state index < -0.39 is 43.6 Å². The third-order valence-corrected chi connectivity index (χ3v) is 17.6. The molecule has 330 valence electrons. The third kappa shape index (κ3) is 8.82. The van der Waals surface area contributed by atoms with E-state index >= 15 is 0 Å². The molecule has 3 amide bonds. The van der Waals surface area contributed by atoms with Crippen LogP contribution in [0.3, 0.4) is 0 Å². The fourth-order valence-corrected chi connectivity index (χ4v) is 9.89. The predicted molar refractivity (Wildman–Crippen MR) is 245 cm³/mol. The van der Waals surface area contributed by atoms with Gasteiger partial charge in [0.05, 0.1) is 6.42 Å². The standard InChI is InChI=1S/C51H55N5O7Si/c1-49(2,3)64(4,5)61-32-34-30-50(31-34,62-47(52)58)46-54-45(63-56-46)43(53-48(59)60-33-42-40-27-17-15-25-38(40)39-26-16-18-28-41(39)42)29-44(57)55-51(35-19-9-6-10-20-35,36-21-11-7-12-22-36)37-23-13-8-14-24-37/h6-28,34,42-43H,29-33H2,1-5H3,(H2,52,58)(H,53,59)(H,55,57)/t34?,43-,50?/m0/s1. The normalized spacial score (nSPS) is 17.6. The number of ether oxygens (including phenoxy) is 2. The molecule has 13 heteroatoms. The van der Waals surface area contributed by atoms with E-state index in [0.29, 0.717) is 19.4 Å². The van der Waals surface area contributed by atoms with Crippen LogP contribution in [-0.2, 0) is 29.8 Å². The minimum absolute atomic E-state index is 0.0185. The molecule has 1 fully saturated rings. The van der Waals surface area contributed by atoms with Crippen LogP contribution in [0.2, 0.25) is 18.1 Å². The summed E-state index contributed by atoms with van der Waals surface area (Å²) in [5.74, 6) is -0.586. The van der Waals surface area contributed by atoms with Crippen molar-refractivity contribution in [2.75, 3.05) is 13.2 Å². The summed E-state index contributed by atoms with van der Waals surface area (Å²) in [7, 11) is -2.06. The van der Waals surface area contributed by atoms with Gasteiger partial charge in [0.15, 0.2) is 13.9 Å². The quantitative estimate of drug-likeness (QED) is 0.0672. The second-order valence-electron chi connectivity index (χ2n) is 18.3. The Labute approximate surface area is 375 Å². The fourth-order valence-electron chi connectivity index (χ4n) is 8.81. The molecule has 6 aromatic rings. The first kappa shape index (κ1) is 44.1. The number of hydrogen-bond acceptors (Lipinski definition) is 9. The molecule has 0 spiro atoms. The molecule has 5 aromatic carbocycles. The zero-order valence-corrected chi connectivity index (χ0v) is 37.9. The number of primary amides is 1. The monoisotopic (exact) mass is 877 g/mol. The zero-order chi connectivity index (χ0) is 45.1. The van der Waals surface area contributed by atoms with Crippen LogP contribution in [0.5, 0.6) is 0 Å². The molecule has 0 unspecified atom stereocenters. The Morgan fingerprint density at radius 1 is 0.766 bits per heavy atom. The van der Waals surface area contributed by atoms with Crippen molar-refractivity contribution >= 4 is 26.4 Å². The summed E-state index contributed by atoms with van der Waals surface area (Å²) in [6.07, 6.45) is -1.40. The molecule has 1 heterocycles. The fraction of sp³-hybridized carbons (Fsp3) is 0.314. The molecule has 0 bridgehead atoms. The van der Waals surface area contributed by atoms with Crippen molar-refractivity contribution < 1.29 is 32.8 Å². The first-order valence-electron chi connectivity index (χ1n) is 21.7. The lowest BCUT2D eigenvalue weighted by Gasteiger charge is -2.45. The van der Waals surface area contributed by atoms with Crippen LogP contribution >= 0.6 is 0 Å². The molecule has 0 saturated heterocycles. The molecule has 1 atom stereocenters. The number of nitrogens with one attached hydrogen (secondary N) is 2. The number of nitrogens with zero attached hydrogens (tertiary/aromatic N) is 2. The van der Waals surface area contributed by atoms with Gasteiger partial charge in [0.1, 0.15) is 18.2 Å². The Morgan fingerprint density at radius 3 is 1.77 bits per heavy atom. The average molecular weight is 878 g/mol. The lowest BCUT2D eigenvalue weighted by Crippen LogP contribution is -2.50. The number of amides is 3. The van der Waals surface area contributed by atoms with Crippen LogP contribution < -0.4 is 16.4 Å². The van der Waals surface area contributed by atoms with Gasteiger partial charge >= 0.3 is 12.2 Å². The highest BCUT2D eigenvalue weighted by Gasteiger charge is 2.53. The van der Waals surface area contributed by atoms with E-state index in [1.54, 1.807) is 0 Å². The molecule has 0 aliphatic heterocycles. The van der Waals surface area contributed by atoms with Gasteiger partial charge in [0, 0.05) is 12.5 Å². The summed E-state index contributed by atoms with van der Waals surface area (Å²) in [5.41, 5.74) is 9.97. The first-order chi connectivity index (χ1) is 30.7. The van der Waals surface area contributed by atoms with E-state index in [2.05, 4.69) is 61.8 Å². The van der Waals surface area contributed by atoms with Crippen molar-refractivity contribution in [1.82, 2.24) is 20.8 Å². The largest absolute Gasteiger partial charge is 0.449 e. The van der Waals surface area contributed by atoms with E-state index in [9.17, 15) is 14.4 Å². The Kier molecular flexibility index (Phi) is 12.3. The zero-order valence-electron chi connectivity index (χ0n) is 36.9. The third-order valence-electron chi connectivity index (χ3n) is 13.1. The van der Waals surface area contributed by atoms with Crippen LogP contribution in [0, 0.1) is 5.92 Å². The maximum atomic E-state index is 14.8. The number of fused-ring (bicyclic) bond motifs is 3. The molecule has 0 radical (unpaired) electrons. The molecule has 64 heavy (non-hydrogen) atoms. The van der Waals surface area contributed by atoms with Gasteiger partial charge in [0.2, 0.25) is 17.6 Å². The van der Waals surface area contributed by atoms with Crippen molar-refractivity contribution in [3.63, 3.8) is 0 Å². The van der Waals surface area contributed by atoms with Gasteiger partial charge in [-0.2, -0.15) is 4.98 Å². The van der Waals surface area contributed by atoms with E-state index in [1.807, 2.05) is 127 Å². The smallest absolute Gasteiger partial charge is 0.407 e. The predicted octanol–water partition coefficient (Wildman–Crippen LogP) is 9.87. The van der Waals surface area contributed by atoms with Gasteiger partial charge in [-0.25, -0.2) is 9.59 Å². The highest BCUT2D eigenvalue weighted by Crippen LogP contribution is 2.49. The maximum absolute atomic E-state index is 14.8. The van der Waals surface area contributed by atoms with Gasteiger partial charge in [-0.05, 0) is 75.8 Å². The van der Waals surface area contributed by atoms with Crippen LogP contribution in [0.1, 0.15) is 91.5 Å². The van der Waals surface area contributed by atoms with Crippen LogP contribution in [0.4, 0.5) is 9.59 Å². The number of nitrogens with two attached hydrogens (primary N) is 1.